The van der Waals surface area contributed by atoms with Gasteiger partial charge < -0.3 is 11.5 Å². The van der Waals surface area contributed by atoms with Crippen molar-refractivity contribution in [2.75, 3.05) is 0 Å². The monoisotopic (exact) mass is 653 g/mol. The van der Waals surface area contributed by atoms with Crippen LogP contribution in [0.2, 0.25) is 0 Å². The van der Waals surface area contributed by atoms with E-state index in [1.54, 1.807) is 24.3 Å². The van der Waals surface area contributed by atoms with Crippen LogP contribution in [0, 0.1) is 13.8 Å². The summed E-state index contributed by atoms with van der Waals surface area (Å²) in [5, 5.41) is 0. The molecule has 2 atom stereocenters. The maximum atomic E-state index is 10.5. The quantitative estimate of drug-likeness (QED) is 0.360. The summed E-state index contributed by atoms with van der Waals surface area (Å²) in [7, 11) is -8.04. The number of hydrogen-bond acceptors (Lipinski definition) is 6. The number of nitrogens with two attached hydrogens (primary N) is 2. The molecule has 0 amide bonds. The number of benzene rings is 2. The van der Waals surface area contributed by atoms with Crippen LogP contribution in [0.4, 0.5) is 0 Å². The molecule has 0 spiro atoms. The van der Waals surface area contributed by atoms with Crippen molar-refractivity contribution in [2.45, 2.75) is 61.4 Å². The number of rotatable bonds is 2. The molecule has 0 saturated heterocycles. The summed E-state index contributed by atoms with van der Waals surface area (Å²) in [6, 6.07) is 12.5. The van der Waals surface area contributed by atoms with E-state index in [0.717, 1.165) is 24.0 Å². The van der Waals surface area contributed by atoms with Crippen LogP contribution in [0.1, 0.15) is 36.8 Å². The second-order valence-electron chi connectivity index (χ2n) is 7.19. The van der Waals surface area contributed by atoms with Crippen LogP contribution in [0.5, 0.6) is 0 Å². The Bertz CT molecular complexity index is 911. The zero-order valence-corrected chi connectivity index (χ0v) is 21.3. The number of aryl methyl sites for hydroxylation is 2. The molecule has 11 heteroatoms. The molecule has 2 aromatic carbocycles. The molecule has 1 aliphatic carbocycles. The van der Waals surface area contributed by atoms with Gasteiger partial charge in [0.25, 0.3) is 20.2 Å². The molecular weight excluding hydrogens is 623 g/mol. The Morgan fingerprint density at radius 1 is 0.677 bits per heavy atom. The van der Waals surface area contributed by atoms with Crippen LogP contribution in [-0.2, 0) is 41.3 Å². The minimum atomic E-state index is -4.02. The predicted molar refractivity (Wildman–Crippen MR) is 116 cm³/mol. The van der Waals surface area contributed by atoms with Crippen molar-refractivity contribution in [2.24, 2.45) is 11.5 Å². The maximum Gasteiger partial charge on any atom is 0.294 e. The minimum absolute atomic E-state index is 0. The average molecular weight is 654 g/mol. The van der Waals surface area contributed by atoms with Gasteiger partial charge in [-0.2, -0.15) is 16.8 Å². The molecule has 0 aliphatic heterocycles. The van der Waals surface area contributed by atoms with Gasteiger partial charge in [0.05, 0.1) is 9.79 Å². The fourth-order valence-corrected chi connectivity index (χ4v) is 3.57. The van der Waals surface area contributed by atoms with Crippen LogP contribution < -0.4 is 11.5 Å². The summed E-state index contributed by atoms with van der Waals surface area (Å²) in [4.78, 5) is -0.133. The molecule has 3 rings (SSSR count). The molecule has 8 nitrogen and oxygen atoms in total. The third-order valence-corrected chi connectivity index (χ3v) is 6.25. The van der Waals surface area contributed by atoms with Gasteiger partial charge in [0.1, 0.15) is 0 Å². The van der Waals surface area contributed by atoms with E-state index in [9.17, 15) is 16.8 Å². The van der Waals surface area contributed by atoms with Crippen LogP contribution in [-0.4, -0.2) is 38.0 Å². The molecule has 31 heavy (non-hydrogen) atoms. The second-order valence-corrected chi connectivity index (χ2v) is 10.0. The van der Waals surface area contributed by atoms with Crippen molar-refractivity contribution in [1.82, 2.24) is 0 Å². The first kappa shape index (κ1) is 29.9. The van der Waals surface area contributed by atoms with Gasteiger partial charge in [-0.25, -0.2) is 0 Å². The Morgan fingerprint density at radius 2 is 0.935 bits per heavy atom. The molecule has 0 bridgehead atoms. The Balaban J connectivity index is 0.000000434. The van der Waals surface area contributed by atoms with Crippen molar-refractivity contribution < 1.29 is 47.0 Å². The van der Waals surface area contributed by atoms with Gasteiger partial charge in [0.2, 0.25) is 0 Å². The predicted octanol–water partition coefficient (Wildman–Crippen LogP) is 2.70. The van der Waals surface area contributed by atoms with E-state index in [1.165, 1.54) is 37.1 Å². The van der Waals surface area contributed by atoms with E-state index in [2.05, 4.69) is 0 Å². The summed E-state index contributed by atoms with van der Waals surface area (Å²) in [6.45, 7) is 3.68. The van der Waals surface area contributed by atoms with Crippen molar-refractivity contribution in [3.05, 3.63) is 59.7 Å². The van der Waals surface area contributed by atoms with Gasteiger partial charge in [-0.15, -0.1) is 0 Å². The van der Waals surface area contributed by atoms with E-state index in [-0.39, 0.29) is 42.9 Å². The van der Waals surface area contributed by atoms with E-state index in [4.69, 9.17) is 20.6 Å². The molecular formula is C20H30N2O6PtS2. The van der Waals surface area contributed by atoms with E-state index in [0.29, 0.717) is 0 Å². The molecule has 6 N–H and O–H groups in total. The molecule has 1 aliphatic rings. The molecule has 2 aromatic rings. The Hall–Kier alpha value is -1.13. The first-order chi connectivity index (χ1) is 13.8. The third-order valence-electron chi connectivity index (χ3n) is 4.51. The summed E-state index contributed by atoms with van der Waals surface area (Å²) >= 11 is 0. The molecule has 0 heterocycles. The van der Waals surface area contributed by atoms with Gasteiger partial charge >= 0.3 is 0 Å². The Kier molecular flexibility index (Phi) is 12.9. The summed E-state index contributed by atoms with van der Waals surface area (Å²) < 4.78 is 59.1. The van der Waals surface area contributed by atoms with Crippen LogP contribution in [0.25, 0.3) is 0 Å². The SMILES string of the molecule is Cc1ccc(S(=O)(=O)O)cc1.Cc1ccc(S(=O)(=O)O)cc1.NC1CCCCC1N.[Pt]. The van der Waals surface area contributed by atoms with Gasteiger partial charge in [0, 0.05) is 33.1 Å². The van der Waals surface area contributed by atoms with Gasteiger partial charge in [0.15, 0.2) is 0 Å². The van der Waals surface area contributed by atoms with E-state index < -0.39 is 20.2 Å². The average Bonchev–Trinajstić information content (AvgIpc) is 2.64. The molecule has 0 radical (unpaired) electrons. The molecule has 178 valence electrons. The zero-order chi connectivity index (χ0) is 22.9. The summed E-state index contributed by atoms with van der Waals surface area (Å²) in [6.07, 6.45) is 4.80. The van der Waals surface area contributed by atoms with E-state index in [1.807, 2.05) is 13.8 Å². The minimum Gasteiger partial charge on any atom is -0.326 e. The van der Waals surface area contributed by atoms with E-state index >= 15 is 0 Å². The largest absolute Gasteiger partial charge is 0.326 e. The zero-order valence-electron chi connectivity index (χ0n) is 17.4. The van der Waals surface area contributed by atoms with Crippen molar-refractivity contribution >= 4 is 20.2 Å². The fraction of sp³-hybridized carbons (Fsp3) is 0.400. The second kappa shape index (κ2) is 13.4. The van der Waals surface area contributed by atoms with Crippen molar-refractivity contribution in [1.29, 1.82) is 0 Å². The maximum absolute atomic E-state index is 10.5. The Morgan fingerprint density at radius 3 is 1.13 bits per heavy atom. The topological polar surface area (TPSA) is 161 Å². The van der Waals surface area contributed by atoms with Gasteiger partial charge in [-0.3, -0.25) is 9.11 Å². The number of hydrogen-bond donors (Lipinski definition) is 4. The summed E-state index contributed by atoms with van der Waals surface area (Å²) in [5.41, 5.74) is 13.2. The van der Waals surface area contributed by atoms with Crippen LogP contribution >= 0.6 is 0 Å². The Labute approximate surface area is 199 Å². The first-order valence-electron chi connectivity index (χ1n) is 9.40. The molecule has 0 aromatic heterocycles. The van der Waals surface area contributed by atoms with Gasteiger partial charge in [-0.05, 0) is 51.0 Å². The standard InChI is InChI=1S/2C7H8O3S.C6H14N2.Pt/c2*1-6-2-4-7(5-3-6)11(8,9)10;7-5-3-1-2-4-6(5)8;/h2*2-5H,1H3,(H,8,9,10);5-6H,1-4,7-8H2;. The summed E-state index contributed by atoms with van der Waals surface area (Å²) in [5.74, 6) is 0. The molecule has 2 unspecified atom stereocenters. The first-order valence-corrected chi connectivity index (χ1v) is 12.3. The van der Waals surface area contributed by atoms with Crippen LogP contribution in [0.3, 0.4) is 0 Å². The molecule has 1 fully saturated rings. The smallest absolute Gasteiger partial charge is 0.294 e. The normalized spacial score (nSPS) is 18.4. The molecule has 1 saturated carbocycles. The van der Waals surface area contributed by atoms with Crippen molar-refractivity contribution in [3.63, 3.8) is 0 Å². The van der Waals surface area contributed by atoms with Gasteiger partial charge in [-0.1, -0.05) is 48.2 Å². The third kappa shape index (κ3) is 11.9. The fourth-order valence-electron chi connectivity index (χ4n) is 2.61. The van der Waals surface area contributed by atoms with Crippen molar-refractivity contribution in [3.8, 4) is 0 Å². The van der Waals surface area contributed by atoms with Crippen LogP contribution in [0.15, 0.2) is 58.3 Å².